The van der Waals surface area contributed by atoms with Crippen molar-refractivity contribution in [1.29, 1.82) is 0 Å². The first-order chi connectivity index (χ1) is 12.1. The Bertz CT molecular complexity index is 701. The van der Waals surface area contributed by atoms with Gasteiger partial charge in [0.05, 0.1) is 13.2 Å². The summed E-state index contributed by atoms with van der Waals surface area (Å²) in [6.07, 6.45) is 0.708. The largest absolute Gasteiger partial charge is 0.458 e. The molecule has 0 saturated carbocycles. The summed E-state index contributed by atoms with van der Waals surface area (Å²) in [6, 6.07) is 12.1. The number of hydrogen-bond donors (Lipinski definition) is 0. The molecule has 0 aliphatic carbocycles. The van der Waals surface area contributed by atoms with Crippen molar-refractivity contribution in [2.75, 3.05) is 19.7 Å². The van der Waals surface area contributed by atoms with Crippen LogP contribution in [-0.4, -0.2) is 46.6 Å². The van der Waals surface area contributed by atoms with Crippen LogP contribution in [0.4, 0.5) is 0 Å². The van der Waals surface area contributed by atoms with Gasteiger partial charge in [0.15, 0.2) is 0 Å². The van der Waals surface area contributed by atoms with E-state index in [-0.39, 0.29) is 18.6 Å². The van der Waals surface area contributed by atoms with Crippen molar-refractivity contribution < 1.29 is 14.3 Å². The Hall–Kier alpha value is -2.47. The summed E-state index contributed by atoms with van der Waals surface area (Å²) >= 11 is 0. The molecule has 2 aromatic rings. The molecule has 1 atom stereocenters. The van der Waals surface area contributed by atoms with E-state index in [1.165, 1.54) is 0 Å². The molecule has 1 amide bonds. The molecule has 1 aromatic carbocycles. The number of nitrogens with zero attached hydrogens (tertiary/aromatic N) is 3. The van der Waals surface area contributed by atoms with E-state index in [1.54, 1.807) is 4.90 Å². The van der Waals surface area contributed by atoms with E-state index in [4.69, 9.17) is 9.47 Å². The maximum atomic E-state index is 12.3. The van der Waals surface area contributed by atoms with Gasteiger partial charge in [-0.1, -0.05) is 30.3 Å². The Labute approximate surface area is 147 Å². The Morgan fingerprint density at radius 1 is 1.20 bits per heavy atom. The molecule has 1 saturated heterocycles. The van der Waals surface area contributed by atoms with Crippen LogP contribution in [0.2, 0.25) is 0 Å². The maximum absolute atomic E-state index is 12.3. The van der Waals surface area contributed by atoms with Crippen LogP contribution in [0.15, 0.2) is 36.4 Å². The first-order valence-electron chi connectivity index (χ1n) is 8.48. The molecular weight excluding hydrogens is 318 g/mol. The van der Waals surface area contributed by atoms with E-state index in [2.05, 4.69) is 9.97 Å². The zero-order valence-electron chi connectivity index (χ0n) is 14.6. The average Bonchev–Trinajstić information content (AvgIpc) is 3.03. The van der Waals surface area contributed by atoms with Gasteiger partial charge in [0.1, 0.15) is 12.7 Å². The first kappa shape index (κ1) is 17.4. The minimum Gasteiger partial charge on any atom is -0.458 e. The highest BCUT2D eigenvalue weighted by Gasteiger charge is 2.28. The zero-order valence-corrected chi connectivity index (χ0v) is 14.6. The Kier molecular flexibility index (Phi) is 5.60. The van der Waals surface area contributed by atoms with Gasteiger partial charge in [0.2, 0.25) is 5.91 Å². The molecule has 1 aliphatic heterocycles. The molecule has 0 radical (unpaired) electrons. The summed E-state index contributed by atoms with van der Waals surface area (Å²) in [5.41, 5.74) is 2.82. The van der Waals surface area contributed by atoms with Crippen molar-refractivity contribution in [3.8, 4) is 6.01 Å². The number of likely N-dealkylation sites (tertiary alicyclic amines) is 1. The van der Waals surface area contributed by atoms with Gasteiger partial charge in [0, 0.05) is 24.4 Å². The van der Waals surface area contributed by atoms with Crippen molar-refractivity contribution in [2.24, 2.45) is 0 Å². The Morgan fingerprint density at radius 2 is 1.92 bits per heavy atom. The number of hydrogen-bond acceptors (Lipinski definition) is 5. The third kappa shape index (κ3) is 5.00. The predicted octanol–water partition coefficient (Wildman–Crippen LogP) is 2.29. The van der Waals surface area contributed by atoms with E-state index < -0.39 is 0 Å². The SMILES string of the molecule is Cc1cc(C)nc(OC2CCN(C(=O)COCc3ccccc3)C2)n1. The molecule has 6 heteroatoms. The average molecular weight is 341 g/mol. The quantitative estimate of drug-likeness (QED) is 0.807. The maximum Gasteiger partial charge on any atom is 0.317 e. The summed E-state index contributed by atoms with van der Waals surface area (Å²) < 4.78 is 11.4. The third-order valence-corrected chi connectivity index (χ3v) is 4.07. The molecule has 2 heterocycles. The fourth-order valence-electron chi connectivity index (χ4n) is 2.87. The van der Waals surface area contributed by atoms with Gasteiger partial charge < -0.3 is 14.4 Å². The van der Waals surface area contributed by atoms with Crippen molar-refractivity contribution in [1.82, 2.24) is 14.9 Å². The number of benzene rings is 1. The standard InChI is InChI=1S/C19H23N3O3/c1-14-10-15(2)21-19(20-14)25-17-8-9-22(11-17)18(23)13-24-12-16-6-4-3-5-7-16/h3-7,10,17H,8-9,11-13H2,1-2H3. The van der Waals surface area contributed by atoms with Gasteiger partial charge in [-0.2, -0.15) is 0 Å². The van der Waals surface area contributed by atoms with Crippen LogP contribution in [0, 0.1) is 13.8 Å². The normalized spacial score (nSPS) is 16.9. The van der Waals surface area contributed by atoms with Crippen LogP contribution in [0.1, 0.15) is 23.4 Å². The minimum absolute atomic E-state index is 0.0108. The highest BCUT2D eigenvalue weighted by molar-refractivity contribution is 5.77. The van der Waals surface area contributed by atoms with Gasteiger partial charge in [-0.05, 0) is 25.5 Å². The van der Waals surface area contributed by atoms with Gasteiger partial charge in [0.25, 0.3) is 0 Å². The molecule has 1 unspecified atom stereocenters. The van der Waals surface area contributed by atoms with Crippen molar-refractivity contribution >= 4 is 5.91 Å². The summed E-state index contributed by atoms with van der Waals surface area (Å²) in [5.74, 6) is -0.0108. The smallest absolute Gasteiger partial charge is 0.317 e. The van der Waals surface area contributed by atoms with Gasteiger partial charge in [-0.3, -0.25) is 4.79 Å². The van der Waals surface area contributed by atoms with Gasteiger partial charge in [-0.25, -0.2) is 9.97 Å². The number of aryl methyl sites for hydroxylation is 2. The second kappa shape index (κ2) is 8.07. The lowest BCUT2D eigenvalue weighted by molar-refractivity contribution is -0.135. The molecule has 0 bridgehead atoms. The number of amides is 1. The molecule has 1 aromatic heterocycles. The topological polar surface area (TPSA) is 64.5 Å². The monoisotopic (exact) mass is 341 g/mol. The molecule has 132 valence electrons. The van der Waals surface area contributed by atoms with E-state index >= 15 is 0 Å². The van der Waals surface area contributed by atoms with E-state index in [1.807, 2.05) is 50.2 Å². The lowest BCUT2D eigenvalue weighted by Crippen LogP contribution is -2.33. The second-order valence-corrected chi connectivity index (χ2v) is 6.28. The molecular formula is C19H23N3O3. The van der Waals surface area contributed by atoms with Gasteiger partial charge in [-0.15, -0.1) is 0 Å². The lowest BCUT2D eigenvalue weighted by Gasteiger charge is -2.17. The number of aromatic nitrogens is 2. The molecule has 3 rings (SSSR count). The number of ether oxygens (including phenoxy) is 2. The Morgan fingerprint density at radius 3 is 2.64 bits per heavy atom. The van der Waals surface area contributed by atoms with Crippen molar-refractivity contribution in [3.63, 3.8) is 0 Å². The van der Waals surface area contributed by atoms with E-state index in [0.29, 0.717) is 25.7 Å². The molecule has 1 fully saturated rings. The molecule has 25 heavy (non-hydrogen) atoms. The third-order valence-electron chi connectivity index (χ3n) is 4.07. The fraction of sp³-hybridized carbons (Fsp3) is 0.421. The van der Waals surface area contributed by atoms with Crippen LogP contribution in [0.3, 0.4) is 0 Å². The summed E-state index contributed by atoms with van der Waals surface area (Å²) in [5, 5.41) is 0. The van der Waals surface area contributed by atoms with E-state index in [9.17, 15) is 4.79 Å². The highest BCUT2D eigenvalue weighted by Crippen LogP contribution is 2.16. The molecule has 1 aliphatic rings. The fourth-order valence-corrected chi connectivity index (χ4v) is 2.87. The molecule has 6 nitrogen and oxygen atoms in total. The lowest BCUT2D eigenvalue weighted by atomic mass is 10.2. The van der Waals surface area contributed by atoms with Crippen LogP contribution < -0.4 is 4.74 Å². The molecule has 0 spiro atoms. The van der Waals surface area contributed by atoms with Crippen LogP contribution in [0.5, 0.6) is 6.01 Å². The molecule has 0 N–H and O–H groups in total. The van der Waals surface area contributed by atoms with Crippen LogP contribution in [0.25, 0.3) is 0 Å². The number of carbonyl (C=O) groups is 1. The number of carbonyl (C=O) groups excluding carboxylic acids is 1. The highest BCUT2D eigenvalue weighted by atomic mass is 16.5. The number of rotatable bonds is 6. The first-order valence-corrected chi connectivity index (χ1v) is 8.48. The van der Waals surface area contributed by atoms with Crippen molar-refractivity contribution in [3.05, 3.63) is 53.3 Å². The van der Waals surface area contributed by atoms with E-state index in [0.717, 1.165) is 23.4 Å². The Balaban J connectivity index is 1.44. The predicted molar refractivity (Wildman–Crippen MR) is 93.2 cm³/mol. The summed E-state index contributed by atoms with van der Waals surface area (Å²) in [6.45, 7) is 5.57. The van der Waals surface area contributed by atoms with Crippen LogP contribution >= 0.6 is 0 Å². The van der Waals surface area contributed by atoms with Crippen LogP contribution in [-0.2, 0) is 16.1 Å². The zero-order chi connectivity index (χ0) is 17.6. The minimum atomic E-state index is -0.0701. The van der Waals surface area contributed by atoms with Crippen molar-refractivity contribution in [2.45, 2.75) is 33.0 Å². The summed E-state index contributed by atoms with van der Waals surface area (Å²) in [4.78, 5) is 22.6. The van der Waals surface area contributed by atoms with Gasteiger partial charge >= 0.3 is 6.01 Å². The summed E-state index contributed by atoms with van der Waals surface area (Å²) in [7, 11) is 0. The second-order valence-electron chi connectivity index (χ2n) is 6.28.